The van der Waals surface area contributed by atoms with Crippen molar-refractivity contribution in [3.63, 3.8) is 0 Å². The van der Waals surface area contributed by atoms with Crippen LogP contribution in [0.2, 0.25) is 0 Å². The van der Waals surface area contributed by atoms with Gasteiger partial charge in [-0.1, -0.05) is 0 Å². The largest absolute Gasteiger partial charge is 1.00 e. The van der Waals surface area contributed by atoms with Gasteiger partial charge >= 0.3 is 100 Å². The van der Waals surface area contributed by atoms with Crippen molar-refractivity contribution in [2.45, 2.75) is 20.3 Å². The predicted octanol–water partition coefficient (Wildman–Crippen LogP) is -0.772. The van der Waals surface area contributed by atoms with Crippen LogP contribution in [0.15, 0.2) is 30.3 Å². The molecule has 0 nitrogen and oxygen atoms in total. The van der Waals surface area contributed by atoms with E-state index in [2.05, 4.69) is 49.5 Å². The van der Waals surface area contributed by atoms with Gasteiger partial charge in [-0.3, -0.25) is 0 Å². The third kappa shape index (κ3) is 6.41. The molecule has 0 fully saturated rings. The minimum absolute atomic E-state index is 0. The maximum atomic E-state index is 2.42. The first-order valence-corrected chi connectivity index (χ1v) is 6.17. The van der Waals surface area contributed by atoms with E-state index >= 15 is 0 Å². The summed E-state index contributed by atoms with van der Waals surface area (Å²) in [7, 11) is 0. The number of benzene rings is 1. The summed E-state index contributed by atoms with van der Waals surface area (Å²) in [6.45, 7) is 4.52. The van der Waals surface area contributed by atoms with Crippen LogP contribution in [0, 0.1) is 11.2 Å². The second-order valence-electron chi connectivity index (χ2n) is 3.23. The van der Waals surface area contributed by atoms with E-state index in [0.717, 1.165) is 5.92 Å². The molecule has 0 bridgehead atoms. The van der Waals surface area contributed by atoms with Crippen LogP contribution in [0.25, 0.3) is 0 Å². The molecule has 0 unspecified atom stereocenters. The zero-order chi connectivity index (χ0) is 8.81. The van der Waals surface area contributed by atoms with E-state index < -0.39 is 0 Å². The summed E-state index contributed by atoms with van der Waals surface area (Å²) in [5, 5.41) is 2.42. The smallest absolute Gasteiger partial charge is 1.00 e. The molecular weight excluding hydrogens is 218 g/mol. The minimum atomic E-state index is 0. The SMILES string of the molecule is CC(C)C[CH-][Se]c1ccccc1.[Li+]. The Morgan fingerprint density at radius 1 is 1.23 bits per heavy atom. The van der Waals surface area contributed by atoms with Gasteiger partial charge in [0.15, 0.2) is 0 Å². The molecule has 66 valence electrons. The van der Waals surface area contributed by atoms with Gasteiger partial charge in [0.25, 0.3) is 0 Å². The van der Waals surface area contributed by atoms with Crippen LogP contribution in [-0.2, 0) is 0 Å². The summed E-state index contributed by atoms with van der Waals surface area (Å²) in [6.07, 6.45) is 1.24. The molecule has 0 N–H and O–H groups in total. The molecule has 0 spiro atoms. The average molecular weight is 233 g/mol. The zero-order valence-corrected chi connectivity index (χ0v) is 10.4. The van der Waals surface area contributed by atoms with Crippen LogP contribution in [0.4, 0.5) is 0 Å². The Kier molecular flexibility index (Phi) is 7.91. The number of rotatable bonds is 4. The van der Waals surface area contributed by atoms with E-state index in [9.17, 15) is 0 Å². The van der Waals surface area contributed by atoms with Gasteiger partial charge in [-0.15, -0.1) is 0 Å². The Morgan fingerprint density at radius 2 is 1.85 bits per heavy atom. The van der Waals surface area contributed by atoms with Crippen molar-refractivity contribution >= 4 is 19.4 Å². The van der Waals surface area contributed by atoms with Crippen LogP contribution in [0.5, 0.6) is 0 Å². The summed E-state index contributed by atoms with van der Waals surface area (Å²) in [5.74, 6) is 0.801. The molecule has 0 aliphatic carbocycles. The van der Waals surface area contributed by atoms with Crippen molar-refractivity contribution in [1.29, 1.82) is 0 Å². The first-order chi connectivity index (χ1) is 5.79. The third-order valence-corrected chi connectivity index (χ3v) is 3.43. The summed E-state index contributed by atoms with van der Waals surface area (Å²) >= 11 is 0.575. The van der Waals surface area contributed by atoms with E-state index in [1.54, 1.807) is 0 Å². The van der Waals surface area contributed by atoms with Gasteiger partial charge in [0.1, 0.15) is 0 Å². The van der Waals surface area contributed by atoms with Crippen molar-refractivity contribution in [1.82, 2.24) is 0 Å². The zero-order valence-electron chi connectivity index (χ0n) is 8.66. The molecular formula is C11H15LiSe. The average Bonchev–Trinajstić information content (AvgIpc) is 2.05. The summed E-state index contributed by atoms with van der Waals surface area (Å²) < 4.78 is 1.48. The molecule has 1 rings (SSSR count). The number of hydrogen-bond acceptors (Lipinski definition) is 0. The summed E-state index contributed by atoms with van der Waals surface area (Å²) in [5.41, 5.74) is 0. The monoisotopic (exact) mass is 234 g/mol. The molecule has 0 amide bonds. The molecule has 2 heteroatoms. The maximum Gasteiger partial charge on any atom is 1.00 e. The Balaban J connectivity index is 0.00000144. The fourth-order valence-electron chi connectivity index (χ4n) is 0.836. The van der Waals surface area contributed by atoms with Crippen LogP contribution < -0.4 is 23.3 Å². The van der Waals surface area contributed by atoms with Crippen molar-refractivity contribution < 1.29 is 18.9 Å². The molecule has 1 aromatic carbocycles. The van der Waals surface area contributed by atoms with E-state index in [0.29, 0.717) is 15.0 Å². The molecule has 0 saturated heterocycles. The molecule has 0 radical (unpaired) electrons. The van der Waals surface area contributed by atoms with Crippen LogP contribution in [0.1, 0.15) is 20.3 Å². The molecule has 0 aliphatic rings. The molecule has 0 atom stereocenters. The Morgan fingerprint density at radius 3 is 2.38 bits per heavy atom. The topological polar surface area (TPSA) is 0 Å². The van der Waals surface area contributed by atoms with Crippen molar-refractivity contribution in [3.8, 4) is 0 Å². The maximum absolute atomic E-state index is 2.42. The normalized spacial score (nSPS) is 9.77. The van der Waals surface area contributed by atoms with Gasteiger partial charge < -0.3 is 0 Å². The van der Waals surface area contributed by atoms with Gasteiger partial charge in [-0.2, -0.15) is 0 Å². The Hall–Kier alpha value is 0.337. The van der Waals surface area contributed by atoms with Crippen molar-refractivity contribution in [2.75, 3.05) is 0 Å². The first-order valence-electron chi connectivity index (χ1n) is 4.32. The molecule has 13 heavy (non-hydrogen) atoms. The Bertz CT molecular complexity index is 209. The van der Waals surface area contributed by atoms with Crippen molar-refractivity contribution in [3.05, 3.63) is 35.7 Å². The standard InChI is InChI=1S/C11H15Se.Li/c1-10(2)8-9-12-11-6-4-3-5-7-11;/h3-7,9-10H,8H2,1-2H3;/q-1;+1. The first kappa shape index (κ1) is 13.3. The molecule has 1 aromatic rings. The predicted molar refractivity (Wildman–Crippen MR) is 55.6 cm³/mol. The van der Waals surface area contributed by atoms with Gasteiger partial charge in [0.2, 0.25) is 0 Å². The van der Waals surface area contributed by atoms with E-state index in [4.69, 9.17) is 0 Å². The van der Waals surface area contributed by atoms with Gasteiger partial charge in [0, 0.05) is 0 Å². The van der Waals surface area contributed by atoms with Crippen LogP contribution >= 0.6 is 0 Å². The molecule has 0 saturated carbocycles. The summed E-state index contributed by atoms with van der Waals surface area (Å²) in [6, 6.07) is 10.7. The van der Waals surface area contributed by atoms with Crippen molar-refractivity contribution in [2.24, 2.45) is 5.92 Å². The summed E-state index contributed by atoms with van der Waals surface area (Å²) in [4.78, 5) is 0. The molecule has 0 heterocycles. The third-order valence-electron chi connectivity index (χ3n) is 1.53. The van der Waals surface area contributed by atoms with E-state index in [1.165, 1.54) is 10.9 Å². The Labute approximate surface area is 99.8 Å². The van der Waals surface area contributed by atoms with Gasteiger partial charge in [-0.05, 0) is 0 Å². The van der Waals surface area contributed by atoms with Gasteiger partial charge in [0.05, 0.1) is 0 Å². The fourth-order valence-corrected chi connectivity index (χ4v) is 2.91. The molecule has 0 aliphatic heterocycles. The molecule has 0 aromatic heterocycles. The second-order valence-corrected chi connectivity index (χ2v) is 5.41. The fraction of sp³-hybridized carbons (Fsp3) is 0.364. The van der Waals surface area contributed by atoms with Crippen LogP contribution in [0.3, 0.4) is 0 Å². The second kappa shape index (κ2) is 7.71. The van der Waals surface area contributed by atoms with Crippen LogP contribution in [-0.4, -0.2) is 15.0 Å². The van der Waals surface area contributed by atoms with E-state index in [-0.39, 0.29) is 18.9 Å². The minimum Gasteiger partial charge on any atom is 1.00 e. The van der Waals surface area contributed by atoms with E-state index in [1.807, 2.05) is 0 Å². The quantitative estimate of drug-likeness (QED) is 0.473. The van der Waals surface area contributed by atoms with Gasteiger partial charge in [-0.25, -0.2) is 0 Å². The number of hydrogen-bond donors (Lipinski definition) is 0.